The molecule has 6 heteroatoms. The number of hydrazine groups is 1. The fourth-order valence-corrected chi connectivity index (χ4v) is 1.20. The van der Waals surface area contributed by atoms with Gasteiger partial charge in [-0.25, -0.2) is 10.6 Å². The quantitative estimate of drug-likeness (QED) is 0.417. The van der Waals surface area contributed by atoms with Gasteiger partial charge >= 0.3 is 6.03 Å². The summed E-state index contributed by atoms with van der Waals surface area (Å²) in [6.45, 7) is 1.24. The van der Waals surface area contributed by atoms with Crippen molar-refractivity contribution in [2.24, 2.45) is 5.84 Å². The Morgan fingerprint density at radius 2 is 2.31 bits per heavy atom. The van der Waals surface area contributed by atoms with Crippen molar-refractivity contribution >= 4 is 11.9 Å². The SMILES string of the molecule is CNC(=O)CN1CCCN(N)C1=O. The minimum atomic E-state index is -0.283. The maximum atomic E-state index is 11.3. The van der Waals surface area contributed by atoms with Gasteiger partial charge in [0.15, 0.2) is 0 Å². The lowest BCUT2D eigenvalue weighted by atomic mass is 10.3. The molecular weight excluding hydrogens is 172 g/mol. The van der Waals surface area contributed by atoms with Crippen LogP contribution in [-0.4, -0.2) is 48.5 Å². The summed E-state index contributed by atoms with van der Waals surface area (Å²) in [6.07, 6.45) is 0.805. The molecule has 6 nitrogen and oxygen atoms in total. The number of nitrogens with two attached hydrogens (primary N) is 1. The molecule has 3 amide bonds. The number of likely N-dealkylation sites (N-methyl/N-ethyl adjacent to an activating group) is 1. The highest BCUT2D eigenvalue weighted by molar-refractivity contribution is 5.83. The summed E-state index contributed by atoms with van der Waals surface area (Å²) >= 11 is 0. The summed E-state index contributed by atoms with van der Waals surface area (Å²) in [7, 11) is 1.54. The van der Waals surface area contributed by atoms with E-state index in [0.717, 1.165) is 11.4 Å². The first-order valence-electron chi connectivity index (χ1n) is 4.17. The third-order valence-corrected chi connectivity index (χ3v) is 1.96. The van der Waals surface area contributed by atoms with E-state index in [9.17, 15) is 9.59 Å². The topological polar surface area (TPSA) is 78.7 Å². The van der Waals surface area contributed by atoms with Crippen molar-refractivity contribution in [2.75, 3.05) is 26.7 Å². The average molecular weight is 186 g/mol. The maximum absolute atomic E-state index is 11.3. The molecule has 1 aliphatic rings. The van der Waals surface area contributed by atoms with Gasteiger partial charge in [0, 0.05) is 20.1 Å². The molecule has 0 bridgehead atoms. The summed E-state index contributed by atoms with van der Waals surface area (Å²) in [5, 5.41) is 3.59. The Labute approximate surface area is 76.6 Å². The monoisotopic (exact) mass is 186 g/mol. The summed E-state index contributed by atoms with van der Waals surface area (Å²) < 4.78 is 0. The Hall–Kier alpha value is -1.30. The molecule has 0 saturated carbocycles. The summed E-state index contributed by atoms with van der Waals surface area (Å²) in [5.74, 6) is 5.22. The van der Waals surface area contributed by atoms with Crippen LogP contribution in [0.4, 0.5) is 4.79 Å². The number of nitrogens with one attached hydrogen (secondary N) is 1. The number of urea groups is 1. The van der Waals surface area contributed by atoms with Crippen molar-refractivity contribution in [3.05, 3.63) is 0 Å². The van der Waals surface area contributed by atoms with E-state index in [1.807, 2.05) is 0 Å². The van der Waals surface area contributed by atoms with Crippen LogP contribution in [0.3, 0.4) is 0 Å². The standard InChI is InChI=1S/C7H14N4O2/c1-9-6(12)5-10-3-2-4-11(8)7(10)13/h2-5,8H2,1H3,(H,9,12). The Morgan fingerprint density at radius 3 is 2.92 bits per heavy atom. The van der Waals surface area contributed by atoms with Gasteiger partial charge in [-0.2, -0.15) is 0 Å². The van der Waals surface area contributed by atoms with Crippen LogP contribution in [-0.2, 0) is 4.79 Å². The first-order chi connectivity index (χ1) is 6.15. The highest BCUT2D eigenvalue weighted by Gasteiger charge is 2.24. The molecule has 0 aromatic carbocycles. The van der Waals surface area contributed by atoms with Gasteiger partial charge in [0.05, 0.1) is 0 Å². The smallest absolute Gasteiger partial charge is 0.334 e. The van der Waals surface area contributed by atoms with Gasteiger partial charge in [0.2, 0.25) is 5.91 Å². The third kappa shape index (κ3) is 2.32. The first kappa shape index (κ1) is 9.79. The Balaban J connectivity index is 2.49. The molecule has 0 aromatic rings. The zero-order chi connectivity index (χ0) is 9.84. The lowest BCUT2D eigenvalue weighted by Crippen LogP contribution is -2.54. The number of carbonyl (C=O) groups is 2. The average Bonchev–Trinajstić information content (AvgIpc) is 2.13. The van der Waals surface area contributed by atoms with E-state index in [0.29, 0.717) is 13.1 Å². The number of amides is 3. The molecule has 0 atom stereocenters. The molecule has 74 valence electrons. The largest absolute Gasteiger partial charge is 0.358 e. The Bertz CT molecular complexity index is 219. The first-order valence-corrected chi connectivity index (χ1v) is 4.17. The molecule has 1 rings (SSSR count). The van der Waals surface area contributed by atoms with Gasteiger partial charge in [-0.3, -0.25) is 9.80 Å². The van der Waals surface area contributed by atoms with Crippen LogP contribution >= 0.6 is 0 Å². The molecule has 1 fully saturated rings. The van der Waals surface area contributed by atoms with E-state index in [1.54, 1.807) is 0 Å². The number of carbonyl (C=O) groups excluding carboxylic acids is 2. The number of nitrogens with zero attached hydrogens (tertiary/aromatic N) is 2. The van der Waals surface area contributed by atoms with E-state index in [-0.39, 0.29) is 18.5 Å². The Morgan fingerprint density at radius 1 is 1.62 bits per heavy atom. The third-order valence-electron chi connectivity index (χ3n) is 1.96. The molecule has 13 heavy (non-hydrogen) atoms. The summed E-state index contributed by atoms with van der Waals surface area (Å²) in [6, 6.07) is -0.283. The van der Waals surface area contributed by atoms with Crippen molar-refractivity contribution in [1.29, 1.82) is 0 Å². The number of hydrogen-bond donors (Lipinski definition) is 2. The van der Waals surface area contributed by atoms with Crippen LogP contribution in [0.1, 0.15) is 6.42 Å². The highest BCUT2D eigenvalue weighted by atomic mass is 16.2. The van der Waals surface area contributed by atoms with Gasteiger partial charge in [-0.1, -0.05) is 0 Å². The summed E-state index contributed by atoms with van der Waals surface area (Å²) in [4.78, 5) is 23.7. The second kappa shape index (κ2) is 4.08. The zero-order valence-corrected chi connectivity index (χ0v) is 7.62. The van der Waals surface area contributed by atoms with Crippen LogP contribution in [0.2, 0.25) is 0 Å². The normalized spacial score (nSPS) is 17.5. The molecule has 0 aliphatic carbocycles. The van der Waals surface area contributed by atoms with E-state index in [4.69, 9.17) is 5.84 Å². The van der Waals surface area contributed by atoms with Crippen LogP contribution in [0.5, 0.6) is 0 Å². The van der Waals surface area contributed by atoms with Crippen molar-refractivity contribution in [2.45, 2.75) is 6.42 Å². The summed E-state index contributed by atoms with van der Waals surface area (Å²) in [5.41, 5.74) is 0. The highest BCUT2D eigenvalue weighted by Crippen LogP contribution is 2.04. The molecule has 1 saturated heterocycles. The molecule has 0 spiro atoms. The van der Waals surface area contributed by atoms with Crippen LogP contribution in [0.25, 0.3) is 0 Å². The minimum Gasteiger partial charge on any atom is -0.358 e. The van der Waals surface area contributed by atoms with Crippen molar-refractivity contribution in [3.8, 4) is 0 Å². The molecule has 3 N–H and O–H groups in total. The molecule has 1 heterocycles. The minimum absolute atomic E-state index is 0.0863. The molecular formula is C7H14N4O2. The maximum Gasteiger partial charge on any atom is 0.334 e. The fraction of sp³-hybridized carbons (Fsp3) is 0.714. The van der Waals surface area contributed by atoms with Gasteiger partial charge in [0.25, 0.3) is 0 Å². The van der Waals surface area contributed by atoms with Crippen LogP contribution in [0.15, 0.2) is 0 Å². The van der Waals surface area contributed by atoms with E-state index < -0.39 is 0 Å². The van der Waals surface area contributed by atoms with Crippen LogP contribution in [0, 0.1) is 0 Å². The van der Waals surface area contributed by atoms with E-state index >= 15 is 0 Å². The molecule has 1 aliphatic heterocycles. The number of rotatable bonds is 2. The Kier molecular flexibility index (Phi) is 3.07. The number of hydrogen-bond acceptors (Lipinski definition) is 3. The predicted molar refractivity (Wildman–Crippen MR) is 46.5 cm³/mol. The predicted octanol–water partition coefficient (Wildman–Crippen LogP) is -1.27. The molecule has 0 aromatic heterocycles. The fourth-order valence-electron chi connectivity index (χ4n) is 1.20. The van der Waals surface area contributed by atoms with E-state index in [1.165, 1.54) is 11.9 Å². The van der Waals surface area contributed by atoms with Crippen LogP contribution < -0.4 is 11.2 Å². The second-order valence-electron chi connectivity index (χ2n) is 2.92. The van der Waals surface area contributed by atoms with Gasteiger partial charge in [-0.15, -0.1) is 0 Å². The zero-order valence-electron chi connectivity index (χ0n) is 7.62. The molecule has 0 unspecified atom stereocenters. The van der Waals surface area contributed by atoms with E-state index in [2.05, 4.69) is 5.32 Å². The lowest BCUT2D eigenvalue weighted by Gasteiger charge is -2.31. The second-order valence-corrected chi connectivity index (χ2v) is 2.92. The van der Waals surface area contributed by atoms with Crippen molar-refractivity contribution in [3.63, 3.8) is 0 Å². The van der Waals surface area contributed by atoms with Crippen molar-refractivity contribution < 1.29 is 9.59 Å². The van der Waals surface area contributed by atoms with Gasteiger partial charge in [0.1, 0.15) is 6.54 Å². The van der Waals surface area contributed by atoms with Gasteiger partial charge in [-0.05, 0) is 6.42 Å². The lowest BCUT2D eigenvalue weighted by molar-refractivity contribution is -0.121. The van der Waals surface area contributed by atoms with Crippen molar-refractivity contribution in [1.82, 2.24) is 15.2 Å². The van der Waals surface area contributed by atoms with Gasteiger partial charge < -0.3 is 10.2 Å². The molecule has 0 radical (unpaired) electrons.